The lowest BCUT2D eigenvalue weighted by atomic mass is 10.2. The Bertz CT molecular complexity index is 670. The third-order valence-electron chi connectivity index (χ3n) is 2.26. The summed E-state index contributed by atoms with van der Waals surface area (Å²) in [6.45, 7) is 3.55. The van der Waals surface area contributed by atoms with Crippen LogP contribution >= 0.6 is 0 Å². The van der Waals surface area contributed by atoms with Crippen molar-refractivity contribution in [2.45, 2.75) is 6.54 Å². The van der Waals surface area contributed by atoms with E-state index in [1.807, 2.05) is 0 Å². The third-order valence-corrected chi connectivity index (χ3v) is 2.26. The molecule has 0 aliphatic rings. The first kappa shape index (κ1) is 10.4. The Balaban J connectivity index is 2.90. The van der Waals surface area contributed by atoms with Crippen molar-refractivity contribution in [2.24, 2.45) is 0 Å². The monoisotopic (exact) mass is 220 g/mol. The molecule has 1 aromatic heterocycles. The van der Waals surface area contributed by atoms with E-state index in [4.69, 9.17) is 0 Å². The van der Waals surface area contributed by atoms with Crippen LogP contribution in [0.3, 0.4) is 0 Å². The van der Waals surface area contributed by atoms with Gasteiger partial charge in [-0.3, -0.25) is 9.36 Å². The molecule has 0 saturated carbocycles. The molecule has 2 aromatic rings. The second-order valence-corrected chi connectivity index (χ2v) is 3.32. The van der Waals surface area contributed by atoms with Gasteiger partial charge in [-0.15, -0.1) is 6.58 Å². The number of fused-ring (bicyclic) bond motifs is 1. The van der Waals surface area contributed by atoms with Gasteiger partial charge >= 0.3 is 5.69 Å². The molecular formula is C11H9FN2O2. The van der Waals surface area contributed by atoms with Crippen LogP contribution in [0.25, 0.3) is 10.9 Å². The van der Waals surface area contributed by atoms with Crippen molar-refractivity contribution >= 4 is 10.9 Å². The Morgan fingerprint density at radius 3 is 2.88 bits per heavy atom. The summed E-state index contributed by atoms with van der Waals surface area (Å²) in [5, 5.41) is 0.154. The van der Waals surface area contributed by atoms with Crippen molar-refractivity contribution in [3.05, 3.63) is 57.5 Å². The predicted molar refractivity (Wildman–Crippen MR) is 59.0 cm³/mol. The minimum Gasteiger partial charge on any atom is -0.307 e. The van der Waals surface area contributed by atoms with Crippen LogP contribution in [0.5, 0.6) is 0 Å². The van der Waals surface area contributed by atoms with Crippen LogP contribution < -0.4 is 11.2 Å². The normalized spacial score (nSPS) is 10.6. The Morgan fingerprint density at radius 2 is 2.19 bits per heavy atom. The molecule has 0 aliphatic heterocycles. The fraction of sp³-hybridized carbons (Fsp3) is 0.0909. The lowest BCUT2D eigenvalue weighted by molar-refractivity contribution is 0.628. The van der Waals surface area contributed by atoms with Crippen molar-refractivity contribution < 1.29 is 4.39 Å². The zero-order valence-corrected chi connectivity index (χ0v) is 8.37. The van der Waals surface area contributed by atoms with Crippen molar-refractivity contribution in [1.82, 2.24) is 9.55 Å². The fourth-order valence-corrected chi connectivity index (χ4v) is 1.52. The number of nitrogens with zero attached hydrogens (tertiary/aromatic N) is 1. The number of aromatic amines is 1. The molecule has 0 saturated heterocycles. The van der Waals surface area contributed by atoms with Gasteiger partial charge in [0.25, 0.3) is 5.56 Å². The molecule has 5 heteroatoms. The van der Waals surface area contributed by atoms with Gasteiger partial charge < -0.3 is 4.98 Å². The van der Waals surface area contributed by atoms with E-state index in [1.54, 1.807) is 0 Å². The zero-order chi connectivity index (χ0) is 11.7. The van der Waals surface area contributed by atoms with Gasteiger partial charge in [0.05, 0.1) is 10.9 Å². The summed E-state index contributed by atoms with van der Waals surface area (Å²) in [4.78, 5) is 25.8. The van der Waals surface area contributed by atoms with Gasteiger partial charge in [0.15, 0.2) is 0 Å². The lowest BCUT2D eigenvalue weighted by Gasteiger charge is -2.03. The third kappa shape index (κ3) is 1.56. The summed E-state index contributed by atoms with van der Waals surface area (Å²) in [6, 6.07) is 3.66. The first-order valence-corrected chi connectivity index (χ1v) is 4.67. The van der Waals surface area contributed by atoms with Crippen molar-refractivity contribution in [2.75, 3.05) is 0 Å². The maximum absolute atomic E-state index is 13.0. The van der Waals surface area contributed by atoms with Gasteiger partial charge in [0.1, 0.15) is 5.82 Å². The summed E-state index contributed by atoms with van der Waals surface area (Å²) < 4.78 is 13.9. The van der Waals surface area contributed by atoms with Gasteiger partial charge in [-0.25, -0.2) is 9.18 Å². The highest BCUT2D eigenvalue weighted by molar-refractivity contribution is 5.77. The van der Waals surface area contributed by atoms with Gasteiger partial charge in [-0.2, -0.15) is 0 Å². The summed E-state index contributed by atoms with van der Waals surface area (Å²) >= 11 is 0. The van der Waals surface area contributed by atoms with Crippen LogP contribution in [0.2, 0.25) is 0 Å². The highest BCUT2D eigenvalue weighted by Crippen LogP contribution is 2.06. The molecular weight excluding hydrogens is 211 g/mol. The van der Waals surface area contributed by atoms with Gasteiger partial charge in [0.2, 0.25) is 0 Å². The van der Waals surface area contributed by atoms with E-state index in [-0.39, 0.29) is 11.9 Å². The Labute approximate surface area is 89.7 Å². The lowest BCUT2D eigenvalue weighted by Crippen LogP contribution is -2.34. The van der Waals surface area contributed by atoms with E-state index in [0.717, 1.165) is 10.6 Å². The highest BCUT2D eigenvalue weighted by atomic mass is 19.1. The average Bonchev–Trinajstić information content (AvgIpc) is 2.26. The predicted octanol–water partition coefficient (Wildman–Crippen LogP) is 1.01. The molecule has 0 radical (unpaired) electrons. The van der Waals surface area contributed by atoms with Gasteiger partial charge in [-0.05, 0) is 18.2 Å². The van der Waals surface area contributed by atoms with Crippen molar-refractivity contribution in [3.63, 3.8) is 0 Å². The number of nitrogens with one attached hydrogen (secondary N) is 1. The molecule has 0 atom stereocenters. The Morgan fingerprint density at radius 1 is 1.44 bits per heavy atom. The number of allylic oxidation sites excluding steroid dienone is 1. The molecule has 82 valence electrons. The molecule has 0 bridgehead atoms. The van der Waals surface area contributed by atoms with Crippen molar-refractivity contribution in [1.29, 1.82) is 0 Å². The number of rotatable bonds is 2. The summed E-state index contributed by atoms with van der Waals surface area (Å²) in [7, 11) is 0. The smallest absolute Gasteiger partial charge is 0.307 e. The topological polar surface area (TPSA) is 54.9 Å². The number of halogens is 1. The van der Waals surface area contributed by atoms with Gasteiger partial charge in [-0.1, -0.05) is 6.08 Å². The number of benzene rings is 1. The molecule has 4 nitrogen and oxygen atoms in total. The first-order valence-electron chi connectivity index (χ1n) is 4.67. The molecule has 0 spiro atoms. The molecule has 0 aliphatic carbocycles. The standard InChI is InChI=1S/C11H9FN2O2/c1-2-5-14-10(15)8-6-7(12)3-4-9(8)13-11(14)16/h2-4,6H,1,5H2,(H,13,16). The van der Waals surface area contributed by atoms with Crippen LogP contribution in [-0.2, 0) is 6.54 Å². The van der Waals surface area contributed by atoms with Crippen LogP contribution in [0.4, 0.5) is 4.39 Å². The molecule has 0 amide bonds. The Kier molecular flexibility index (Phi) is 2.44. The molecule has 2 rings (SSSR count). The number of aromatic nitrogens is 2. The first-order chi connectivity index (χ1) is 7.63. The van der Waals surface area contributed by atoms with E-state index in [0.29, 0.717) is 5.52 Å². The summed E-state index contributed by atoms with van der Waals surface area (Å²) in [5.41, 5.74) is -0.709. The van der Waals surface area contributed by atoms with E-state index in [9.17, 15) is 14.0 Å². The summed E-state index contributed by atoms with van der Waals surface area (Å²) in [6.07, 6.45) is 1.43. The Hall–Kier alpha value is -2.17. The minimum absolute atomic E-state index is 0.0978. The van der Waals surface area contributed by atoms with Crippen LogP contribution in [-0.4, -0.2) is 9.55 Å². The van der Waals surface area contributed by atoms with E-state index >= 15 is 0 Å². The van der Waals surface area contributed by atoms with Crippen LogP contribution in [0.15, 0.2) is 40.4 Å². The van der Waals surface area contributed by atoms with Crippen LogP contribution in [0, 0.1) is 5.82 Å². The molecule has 16 heavy (non-hydrogen) atoms. The molecule has 1 heterocycles. The van der Waals surface area contributed by atoms with E-state index in [1.165, 1.54) is 18.2 Å². The second-order valence-electron chi connectivity index (χ2n) is 3.32. The molecule has 1 N–H and O–H groups in total. The molecule has 0 unspecified atom stereocenters. The maximum atomic E-state index is 13.0. The van der Waals surface area contributed by atoms with E-state index < -0.39 is 17.1 Å². The quantitative estimate of drug-likeness (QED) is 0.768. The number of hydrogen-bond donors (Lipinski definition) is 1. The molecule has 1 aromatic carbocycles. The number of hydrogen-bond acceptors (Lipinski definition) is 2. The molecule has 0 fully saturated rings. The van der Waals surface area contributed by atoms with Crippen LogP contribution in [0.1, 0.15) is 0 Å². The SMILES string of the molecule is C=CCn1c(=O)[nH]c2ccc(F)cc2c1=O. The van der Waals surface area contributed by atoms with E-state index in [2.05, 4.69) is 11.6 Å². The van der Waals surface area contributed by atoms with Crippen molar-refractivity contribution in [3.8, 4) is 0 Å². The largest absolute Gasteiger partial charge is 0.329 e. The zero-order valence-electron chi connectivity index (χ0n) is 8.37. The number of H-pyrrole nitrogens is 1. The second kappa shape index (κ2) is 3.77. The summed E-state index contributed by atoms with van der Waals surface area (Å²) in [5.74, 6) is -0.512. The maximum Gasteiger partial charge on any atom is 0.329 e. The average molecular weight is 220 g/mol. The van der Waals surface area contributed by atoms with Gasteiger partial charge in [0, 0.05) is 6.54 Å². The minimum atomic E-state index is -0.524. The highest BCUT2D eigenvalue weighted by Gasteiger charge is 2.06. The fourth-order valence-electron chi connectivity index (χ4n) is 1.52.